The van der Waals surface area contributed by atoms with E-state index in [9.17, 15) is 9.18 Å². The van der Waals surface area contributed by atoms with Crippen LogP contribution < -0.4 is 5.32 Å². The summed E-state index contributed by atoms with van der Waals surface area (Å²) in [6, 6.07) is 14.0. The van der Waals surface area contributed by atoms with Crippen LogP contribution in [0.3, 0.4) is 0 Å². The third kappa shape index (κ3) is 4.16. The van der Waals surface area contributed by atoms with Crippen LogP contribution in [0.2, 0.25) is 0 Å². The third-order valence-electron chi connectivity index (χ3n) is 4.81. The van der Waals surface area contributed by atoms with E-state index >= 15 is 0 Å². The van der Waals surface area contributed by atoms with Crippen molar-refractivity contribution in [2.45, 2.75) is 25.8 Å². The van der Waals surface area contributed by atoms with Crippen molar-refractivity contribution in [1.29, 1.82) is 0 Å². The van der Waals surface area contributed by atoms with Crippen molar-refractivity contribution in [3.8, 4) is 0 Å². The maximum atomic E-state index is 14.0. The van der Waals surface area contributed by atoms with Gasteiger partial charge in [-0.1, -0.05) is 35.5 Å². The van der Waals surface area contributed by atoms with E-state index in [2.05, 4.69) is 25.6 Å². The molecule has 0 saturated heterocycles. The lowest BCUT2D eigenvalue weighted by Gasteiger charge is -2.12. The smallest absolute Gasteiger partial charge is 0.273 e. The highest BCUT2D eigenvalue weighted by Crippen LogP contribution is 2.19. The van der Waals surface area contributed by atoms with Crippen LogP contribution in [0.4, 0.5) is 4.39 Å². The van der Waals surface area contributed by atoms with Gasteiger partial charge in [-0.05, 0) is 31.5 Å². The highest BCUT2D eigenvalue weighted by molar-refractivity contribution is 5.91. The average molecular weight is 392 g/mol. The molecule has 0 unspecified atom stereocenters. The molecule has 0 aliphatic rings. The molecule has 0 spiro atoms. The molecule has 2 aromatic heterocycles. The molecular weight excluding hydrogens is 371 g/mol. The SMILES string of the molecule is C[C@H](c1ccccc1F)n1cc(C(=O)NCCCc2nc3ccccc3[nH]2)nn1. The Hall–Kier alpha value is -3.55. The number of benzene rings is 2. The maximum absolute atomic E-state index is 14.0. The molecule has 8 heteroatoms. The number of rotatable bonds is 7. The van der Waals surface area contributed by atoms with Gasteiger partial charge in [0.15, 0.2) is 5.69 Å². The number of nitrogens with one attached hydrogen (secondary N) is 2. The van der Waals surface area contributed by atoms with Crippen LogP contribution in [0.15, 0.2) is 54.7 Å². The van der Waals surface area contributed by atoms with Gasteiger partial charge in [0.2, 0.25) is 0 Å². The Morgan fingerprint density at radius 2 is 2.00 bits per heavy atom. The molecule has 4 rings (SSSR count). The van der Waals surface area contributed by atoms with E-state index in [1.165, 1.54) is 16.9 Å². The van der Waals surface area contributed by atoms with Crippen molar-refractivity contribution in [3.05, 3.63) is 77.6 Å². The van der Waals surface area contributed by atoms with Gasteiger partial charge in [0, 0.05) is 18.5 Å². The number of hydrogen-bond donors (Lipinski definition) is 2. The summed E-state index contributed by atoms with van der Waals surface area (Å²) in [4.78, 5) is 20.1. The predicted octanol–water partition coefficient (Wildman–Crippen LogP) is 3.27. The topological polar surface area (TPSA) is 88.5 Å². The van der Waals surface area contributed by atoms with Crippen LogP contribution in [0.25, 0.3) is 11.0 Å². The fourth-order valence-electron chi connectivity index (χ4n) is 3.20. The molecule has 2 heterocycles. The van der Waals surface area contributed by atoms with E-state index in [1.807, 2.05) is 31.2 Å². The molecule has 7 nitrogen and oxygen atoms in total. The Morgan fingerprint density at radius 3 is 2.83 bits per heavy atom. The van der Waals surface area contributed by atoms with Gasteiger partial charge in [-0.25, -0.2) is 14.1 Å². The molecule has 1 amide bonds. The zero-order valence-electron chi connectivity index (χ0n) is 16.0. The summed E-state index contributed by atoms with van der Waals surface area (Å²) < 4.78 is 15.4. The Morgan fingerprint density at radius 1 is 1.21 bits per heavy atom. The van der Waals surface area contributed by atoms with E-state index in [0.717, 1.165) is 29.7 Å². The van der Waals surface area contributed by atoms with Crippen LogP contribution >= 0.6 is 0 Å². The zero-order valence-corrected chi connectivity index (χ0v) is 16.0. The molecule has 29 heavy (non-hydrogen) atoms. The number of aryl methyl sites for hydroxylation is 1. The van der Waals surface area contributed by atoms with E-state index in [-0.39, 0.29) is 23.5 Å². The molecule has 0 bridgehead atoms. The fourth-order valence-corrected chi connectivity index (χ4v) is 3.20. The van der Waals surface area contributed by atoms with Crippen LogP contribution in [0.1, 0.15) is 41.3 Å². The molecule has 2 aromatic carbocycles. The maximum Gasteiger partial charge on any atom is 0.273 e. The molecule has 0 saturated carbocycles. The van der Waals surface area contributed by atoms with Gasteiger partial charge in [0.25, 0.3) is 5.91 Å². The minimum Gasteiger partial charge on any atom is -0.351 e. The van der Waals surface area contributed by atoms with Crippen molar-refractivity contribution in [2.75, 3.05) is 6.54 Å². The van der Waals surface area contributed by atoms with Crippen LogP contribution in [-0.4, -0.2) is 37.4 Å². The van der Waals surface area contributed by atoms with Gasteiger partial charge < -0.3 is 10.3 Å². The molecule has 4 aromatic rings. The fraction of sp³-hybridized carbons (Fsp3) is 0.238. The lowest BCUT2D eigenvalue weighted by Crippen LogP contribution is -2.25. The van der Waals surface area contributed by atoms with Gasteiger partial charge in [-0.3, -0.25) is 4.79 Å². The van der Waals surface area contributed by atoms with Crippen molar-refractivity contribution < 1.29 is 9.18 Å². The molecule has 0 radical (unpaired) electrons. The van der Waals surface area contributed by atoms with E-state index < -0.39 is 0 Å². The Balaban J connectivity index is 1.30. The first-order valence-corrected chi connectivity index (χ1v) is 9.50. The van der Waals surface area contributed by atoms with E-state index in [1.54, 1.807) is 18.2 Å². The van der Waals surface area contributed by atoms with Crippen molar-refractivity contribution in [2.24, 2.45) is 0 Å². The second-order valence-electron chi connectivity index (χ2n) is 6.84. The number of amides is 1. The number of carbonyl (C=O) groups is 1. The van der Waals surface area contributed by atoms with Gasteiger partial charge >= 0.3 is 0 Å². The summed E-state index contributed by atoms with van der Waals surface area (Å²) in [7, 11) is 0. The van der Waals surface area contributed by atoms with Gasteiger partial charge in [-0.15, -0.1) is 5.10 Å². The number of halogens is 1. The summed E-state index contributed by atoms with van der Waals surface area (Å²) in [5.41, 5.74) is 2.64. The zero-order chi connectivity index (χ0) is 20.2. The Kier molecular flexibility index (Phi) is 5.33. The summed E-state index contributed by atoms with van der Waals surface area (Å²) in [5, 5.41) is 10.7. The number of H-pyrrole nitrogens is 1. The predicted molar refractivity (Wildman–Crippen MR) is 107 cm³/mol. The first-order valence-electron chi connectivity index (χ1n) is 9.50. The van der Waals surface area contributed by atoms with Crippen molar-refractivity contribution in [3.63, 3.8) is 0 Å². The second kappa shape index (κ2) is 8.22. The van der Waals surface area contributed by atoms with E-state index in [4.69, 9.17) is 0 Å². The van der Waals surface area contributed by atoms with Crippen LogP contribution in [0.5, 0.6) is 0 Å². The highest BCUT2D eigenvalue weighted by Gasteiger charge is 2.17. The summed E-state index contributed by atoms with van der Waals surface area (Å²) in [6.07, 6.45) is 3.00. The summed E-state index contributed by atoms with van der Waals surface area (Å²) in [5.74, 6) is 0.277. The Bertz CT molecular complexity index is 1100. The van der Waals surface area contributed by atoms with Gasteiger partial charge in [-0.2, -0.15) is 0 Å². The highest BCUT2D eigenvalue weighted by atomic mass is 19.1. The molecule has 2 N–H and O–H groups in total. The number of hydrogen-bond acceptors (Lipinski definition) is 4. The van der Waals surface area contributed by atoms with E-state index in [0.29, 0.717) is 12.1 Å². The normalized spacial score (nSPS) is 12.2. The van der Waals surface area contributed by atoms with Crippen LogP contribution in [0, 0.1) is 5.82 Å². The standard InChI is InChI=1S/C21H21FN6O/c1-14(15-7-2-3-8-16(15)22)28-13-19(26-27-28)21(29)23-12-6-11-20-24-17-9-4-5-10-18(17)25-20/h2-5,7-10,13-14H,6,11-12H2,1H3,(H,23,29)(H,24,25)/t14-/m1/s1. The average Bonchev–Trinajstić information content (AvgIpc) is 3.38. The monoisotopic (exact) mass is 392 g/mol. The quantitative estimate of drug-likeness (QED) is 0.473. The number of aromatic nitrogens is 5. The third-order valence-corrected chi connectivity index (χ3v) is 4.81. The number of fused-ring (bicyclic) bond motifs is 1. The van der Waals surface area contributed by atoms with Crippen LogP contribution in [-0.2, 0) is 6.42 Å². The molecule has 0 aliphatic heterocycles. The lowest BCUT2D eigenvalue weighted by molar-refractivity contribution is 0.0948. The van der Waals surface area contributed by atoms with Crippen molar-refractivity contribution >= 4 is 16.9 Å². The largest absolute Gasteiger partial charge is 0.351 e. The molecular formula is C21H21FN6O. The molecule has 0 fully saturated rings. The number of aromatic amines is 1. The number of nitrogens with zero attached hydrogens (tertiary/aromatic N) is 4. The first-order chi connectivity index (χ1) is 14.1. The summed E-state index contributed by atoms with van der Waals surface area (Å²) >= 11 is 0. The minimum absolute atomic E-state index is 0.205. The van der Waals surface area contributed by atoms with Gasteiger partial charge in [0.1, 0.15) is 11.6 Å². The Labute approximate surface area is 167 Å². The first kappa shape index (κ1) is 18.8. The number of imidazole rings is 1. The molecule has 0 aliphatic carbocycles. The lowest BCUT2D eigenvalue weighted by atomic mass is 10.1. The molecule has 1 atom stereocenters. The second-order valence-corrected chi connectivity index (χ2v) is 6.84. The summed E-state index contributed by atoms with van der Waals surface area (Å²) in [6.45, 7) is 2.30. The number of para-hydroxylation sites is 2. The van der Waals surface area contributed by atoms with Crippen molar-refractivity contribution in [1.82, 2.24) is 30.3 Å². The van der Waals surface area contributed by atoms with Gasteiger partial charge in [0.05, 0.1) is 23.3 Å². The number of carbonyl (C=O) groups excluding carboxylic acids is 1. The minimum atomic E-state index is -0.363. The molecule has 148 valence electrons.